The van der Waals surface area contributed by atoms with Gasteiger partial charge < -0.3 is 16.4 Å². The van der Waals surface area contributed by atoms with Crippen LogP contribution in [0.15, 0.2) is 12.1 Å². The molecule has 1 unspecified atom stereocenters. The van der Waals surface area contributed by atoms with E-state index in [1.807, 2.05) is 6.92 Å². The second kappa shape index (κ2) is 3.52. The van der Waals surface area contributed by atoms with Crippen molar-refractivity contribution in [3.8, 4) is 0 Å². The first-order valence-electron chi connectivity index (χ1n) is 5.01. The molecule has 1 atom stereocenters. The minimum Gasteiger partial charge on any atom is -0.397 e. The zero-order valence-electron chi connectivity index (χ0n) is 9.13. The van der Waals surface area contributed by atoms with Crippen molar-refractivity contribution >= 4 is 23.2 Å². The van der Waals surface area contributed by atoms with Crippen molar-refractivity contribution in [1.29, 1.82) is 0 Å². The molecule has 4 N–H and O–H groups in total. The van der Waals surface area contributed by atoms with Crippen LogP contribution in [-0.4, -0.2) is 17.9 Å². The minimum atomic E-state index is -0.556. The summed E-state index contributed by atoms with van der Waals surface area (Å²) in [5.74, 6) is -0.544. The van der Waals surface area contributed by atoms with E-state index in [4.69, 9.17) is 5.73 Å². The van der Waals surface area contributed by atoms with Crippen molar-refractivity contribution in [2.75, 3.05) is 11.1 Å². The van der Waals surface area contributed by atoms with Crippen molar-refractivity contribution in [2.24, 2.45) is 0 Å². The molecule has 84 valence electrons. The highest BCUT2D eigenvalue weighted by molar-refractivity contribution is 6.12. The van der Waals surface area contributed by atoms with Gasteiger partial charge in [-0.05, 0) is 25.5 Å². The Balaban J connectivity index is 2.60. The Morgan fingerprint density at radius 3 is 2.69 bits per heavy atom. The number of amides is 2. The molecule has 0 aliphatic carbocycles. The number of nitrogen functional groups attached to an aromatic ring is 1. The Bertz CT molecular complexity index is 482. The molecule has 5 nitrogen and oxygen atoms in total. The second-order valence-electron chi connectivity index (χ2n) is 3.90. The van der Waals surface area contributed by atoms with Crippen LogP contribution in [0.5, 0.6) is 0 Å². The monoisotopic (exact) mass is 219 g/mol. The van der Waals surface area contributed by atoms with Crippen molar-refractivity contribution in [2.45, 2.75) is 19.9 Å². The summed E-state index contributed by atoms with van der Waals surface area (Å²) in [5, 5.41) is 5.25. The lowest BCUT2D eigenvalue weighted by atomic mass is 10.1. The van der Waals surface area contributed by atoms with Gasteiger partial charge in [0.2, 0.25) is 5.91 Å². The first kappa shape index (κ1) is 10.5. The summed E-state index contributed by atoms with van der Waals surface area (Å²) in [6.07, 6.45) is 0. The molecule has 1 heterocycles. The van der Waals surface area contributed by atoms with Crippen LogP contribution in [0.1, 0.15) is 22.8 Å². The molecule has 1 aliphatic rings. The van der Waals surface area contributed by atoms with E-state index in [2.05, 4.69) is 10.6 Å². The Kier molecular flexibility index (Phi) is 2.30. The van der Waals surface area contributed by atoms with Gasteiger partial charge in [-0.25, -0.2) is 0 Å². The first-order valence-corrected chi connectivity index (χ1v) is 5.01. The average molecular weight is 219 g/mol. The quantitative estimate of drug-likeness (QED) is 0.560. The number of anilines is 2. The van der Waals surface area contributed by atoms with Crippen LogP contribution < -0.4 is 16.4 Å². The van der Waals surface area contributed by atoms with E-state index >= 15 is 0 Å². The fraction of sp³-hybridized carbons (Fsp3) is 0.273. The third-order valence-electron chi connectivity index (χ3n) is 2.70. The summed E-state index contributed by atoms with van der Waals surface area (Å²) in [7, 11) is 0. The van der Waals surface area contributed by atoms with E-state index in [1.165, 1.54) is 0 Å². The van der Waals surface area contributed by atoms with Gasteiger partial charge in [-0.3, -0.25) is 9.59 Å². The molecule has 0 saturated heterocycles. The molecule has 16 heavy (non-hydrogen) atoms. The summed E-state index contributed by atoms with van der Waals surface area (Å²) in [6, 6.07) is 2.87. The maximum absolute atomic E-state index is 11.8. The highest BCUT2D eigenvalue weighted by Gasteiger charge is 2.26. The second-order valence-corrected chi connectivity index (χ2v) is 3.90. The van der Waals surface area contributed by atoms with Gasteiger partial charge in [-0.15, -0.1) is 0 Å². The molecule has 0 fully saturated rings. The third-order valence-corrected chi connectivity index (χ3v) is 2.70. The molecule has 0 bridgehead atoms. The number of carbonyl (C=O) groups is 2. The van der Waals surface area contributed by atoms with Crippen LogP contribution in [0, 0.1) is 6.92 Å². The van der Waals surface area contributed by atoms with Gasteiger partial charge in [0.15, 0.2) is 0 Å². The van der Waals surface area contributed by atoms with Crippen LogP contribution in [-0.2, 0) is 4.79 Å². The predicted molar refractivity (Wildman–Crippen MR) is 61.1 cm³/mol. The fourth-order valence-electron chi connectivity index (χ4n) is 1.62. The van der Waals surface area contributed by atoms with Crippen LogP contribution >= 0.6 is 0 Å². The zero-order chi connectivity index (χ0) is 11.9. The van der Waals surface area contributed by atoms with E-state index in [9.17, 15) is 9.59 Å². The largest absolute Gasteiger partial charge is 0.397 e. The summed E-state index contributed by atoms with van der Waals surface area (Å²) < 4.78 is 0. The highest BCUT2D eigenvalue weighted by Crippen LogP contribution is 2.28. The number of aryl methyl sites for hydroxylation is 1. The third kappa shape index (κ3) is 1.50. The normalized spacial score (nSPS) is 19.5. The molecule has 0 saturated carbocycles. The molecule has 0 spiro atoms. The van der Waals surface area contributed by atoms with E-state index < -0.39 is 6.04 Å². The van der Waals surface area contributed by atoms with Crippen LogP contribution in [0.4, 0.5) is 11.4 Å². The number of nitrogens with two attached hydrogens (primary N) is 1. The smallest absolute Gasteiger partial charge is 0.254 e. The standard InChI is InChI=1S/C11H13N3O2/c1-5-3-4-7-9(8(5)12)14-10(15)6(2)13-11(7)16/h3-4,6H,12H2,1-2H3,(H,13,16)(H,14,15). The van der Waals surface area contributed by atoms with Gasteiger partial charge in [-0.2, -0.15) is 0 Å². The number of fused-ring (bicyclic) bond motifs is 1. The molecule has 1 aliphatic heterocycles. The van der Waals surface area contributed by atoms with Crippen molar-refractivity contribution in [3.05, 3.63) is 23.3 Å². The first-order chi connectivity index (χ1) is 7.50. The van der Waals surface area contributed by atoms with E-state index in [-0.39, 0.29) is 11.8 Å². The van der Waals surface area contributed by atoms with E-state index in [1.54, 1.807) is 19.1 Å². The lowest BCUT2D eigenvalue weighted by molar-refractivity contribution is -0.117. The van der Waals surface area contributed by atoms with Gasteiger partial charge >= 0.3 is 0 Å². The number of rotatable bonds is 0. The molecule has 5 heteroatoms. The Morgan fingerprint density at radius 2 is 2.00 bits per heavy atom. The number of benzene rings is 1. The molecular formula is C11H13N3O2. The molecular weight excluding hydrogens is 206 g/mol. The minimum absolute atomic E-state index is 0.260. The van der Waals surface area contributed by atoms with E-state index in [0.29, 0.717) is 16.9 Å². The molecule has 1 aromatic rings. The Hall–Kier alpha value is -2.04. The van der Waals surface area contributed by atoms with Crippen molar-refractivity contribution in [3.63, 3.8) is 0 Å². The average Bonchev–Trinajstić information content (AvgIpc) is 2.33. The topological polar surface area (TPSA) is 84.2 Å². The maximum Gasteiger partial charge on any atom is 0.254 e. The van der Waals surface area contributed by atoms with Crippen LogP contribution in [0.2, 0.25) is 0 Å². The van der Waals surface area contributed by atoms with Gasteiger partial charge in [0.25, 0.3) is 5.91 Å². The number of hydrogen-bond acceptors (Lipinski definition) is 3. The number of hydrogen-bond donors (Lipinski definition) is 3. The molecule has 0 aromatic heterocycles. The number of carbonyl (C=O) groups excluding carboxylic acids is 2. The van der Waals surface area contributed by atoms with Crippen LogP contribution in [0.25, 0.3) is 0 Å². The molecule has 2 amide bonds. The maximum atomic E-state index is 11.8. The van der Waals surface area contributed by atoms with Crippen LogP contribution in [0.3, 0.4) is 0 Å². The Morgan fingerprint density at radius 1 is 1.31 bits per heavy atom. The molecule has 1 aromatic carbocycles. The highest BCUT2D eigenvalue weighted by atomic mass is 16.2. The van der Waals surface area contributed by atoms with Gasteiger partial charge in [0, 0.05) is 0 Å². The fourth-order valence-corrected chi connectivity index (χ4v) is 1.62. The Labute approximate surface area is 93.0 Å². The van der Waals surface area contributed by atoms with Crippen molar-refractivity contribution in [1.82, 2.24) is 5.32 Å². The van der Waals surface area contributed by atoms with Gasteiger partial charge in [0.05, 0.1) is 16.9 Å². The van der Waals surface area contributed by atoms with Gasteiger partial charge in [-0.1, -0.05) is 6.07 Å². The summed E-state index contributed by atoms with van der Waals surface area (Å²) in [4.78, 5) is 23.4. The summed E-state index contributed by atoms with van der Waals surface area (Å²) >= 11 is 0. The molecule has 2 rings (SSSR count). The summed E-state index contributed by atoms with van der Waals surface area (Å²) in [6.45, 7) is 3.45. The summed E-state index contributed by atoms with van der Waals surface area (Å²) in [5.41, 5.74) is 7.94. The zero-order valence-corrected chi connectivity index (χ0v) is 9.13. The predicted octanol–water partition coefficient (Wildman–Crippen LogP) is 0.648. The number of nitrogens with one attached hydrogen (secondary N) is 2. The van der Waals surface area contributed by atoms with E-state index in [0.717, 1.165) is 5.56 Å². The lowest BCUT2D eigenvalue weighted by Crippen LogP contribution is -2.38. The van der Waals surface area contributed by atoms with Gasteiger partial charge in [0.1, 0.15) is 6.04 Å². The SMILES string of the molecule is Cc1ccc2c(c1N)NC(=O)C(C)NC2=O. The lowest BCUT2D eigenvalue weighted by Gasteiger charge is -2.10. The molecule has 0 radical (unpaired) electrons. The van der Waals surface area contributed by atoms with Crippen molar-refractivity contribution < 1.29 is 9.59 Å².